The van der Waals surface area contributed by atoms with Crippen molar-refractivity contribution >= 4 is 62.3 Å². The molecular weight excluding hydrogens is 665 g/mol. The number of carbonyl (C=O) groups excluding carboxylic acids is 2. The van der Waals surface area contributed by atoms with Crippen molar-refractivity contribution in [2.75, 3.05) is 17.4 Å². The minimum absolute atomic E-state index is 0.0394. The van der Waals surface area contributed by atoms with Crippen LogP contribution in [0.5, 0.6) is 0 Å². The van der Waals surface area contributed by atoms with Crippen molar-refractivity contribution in [2.45, 2.75) is 44.7 Å². The van der Waals surface area contributed by atoms with Crippen LogP contribution < -0.4 is 9.62 Å². The molecule has 1 N–H and O–H groups in total. The Kier molecular flexibility index (Phi) is 12.1. The van der Waals surface area contributed by atoms with E-state index in [1.54, 1.807) is 36.4 Å². The zero-order valence-electron chi connectivity index (χ0n) is 25.8. The van der Waals surface area contributed by atoms with Gasteiger partial charge in [0, 0.05) is 40.1 Å². The van der Waals surface area contributed by atoms with Gasteiger partial charge >= 0.3 is 0 Å². The number of amides is 2. The molecule has 0 heterocycles. The molecule has 11 heteroatoms. The highest BCUT2D eigenvalue weighted by Crippen LogP contribution is 2.29. The summed E-state index contributed by atoms with van der Waals surface area (Å²) in [5, 5.41) is 3.97. The first kappa shape index (κ1) is 35.3. The number of hydrogen-bond donors (Lipinski definition) is 1. The minimum atomic E-state index is -4.26. The number of anilines is 1. The Labute approximate surface area is 286 Å². The molecule has 4 aromatic carbocycles. The van der Waals surface area contributed by atoms with Crippen LogP contribution in [-0.4, -0.2) is 44.3 Å². The summed E-state index contributed by atoms with van der Waals surface area (Å²) in [7, 11) is -4.26. The number of nitrogens with zero attached hydrogens (tertiary/aromatic N) is 2. The second-order valence-electron chi connectivity index (χ2n) is 11.4. The Morgan fingerprint density at radius 1 is 0.826 bits per heavy atom. The lowest BCUT2D eigenvalue weighted by Gasteiger charge is -2.34. The number of benzene rings is 4. The van der Waals surface area contributed by atoms with Gasteiger partial charge in [0.25, 0.3) is 10.0 Å². The van der Waals surface area contributed by atoms with Crippen LogP contribution >= 0.6 is 34.8 Å². The molecule has 242 valence electrons. The highest BCUT2D eigenvalue weighted by molar-refractivity contribution is 7.92. The topological polar surface area (TPSA) is 86.8 Å². The summed E-state index contributed by atoms with van der Waals surface area (Å²) in [6, 6.07) is 25.9. The molecule has 0 fully saturated rings. The maximum absolute atomic E-state index is 14.6. The second kappa shape index (κ2) is 15.8. The maximum atomic E-state index is 14.6. The minimum Gasteiger partial charge on any atom is -0.354 e. The van der Waals surface area contributed by atoms with E-state index in [1.165, 1.54) is 29.2 Å². The first-order valence-corrected chi connectivity index (χ1v) is 17.3. The Balaban J connectivity index is 1.83. The predicted octanol–water partition coefficient (Wildman–Crippen LogP) is 7.56. The molecule has 0 aliphatic rings. The summed E-state index contributed by atoms with van der Waals surface area (Å²) >= 11 is 19.2. The molecular formula is C35H36Cl3N3O4S. The van der Waals surface area contributed by atoms with Crippen molar-refractivity contribution in [1.82, 2.24) is 10.2 Å². The molecule has 0 aliphatic heterocycles. The number of rotatable bonds is 13. The molecule has 0 saturated heterocycles. The van der Waals surface area contributed by atoms with Gasteiger partial charge < -0.3 is 10.2 Å². The van der Waals surface area contributed by atoms with Crippen molar-refractivity contribution in [1.29, 1.82) is 0 Å². The average Bonchev–Trinajstić information content (AvgIpc) is 3.02. The molecule has 4 aromatic rings. The number of carbonyl (C=O) groups is 2. The van der Waals surface area contributed by atoms with Crippen molar-refractivity contribution in [3.8, 4) is 0 Å². The van der Waals surface area contributed by atoms with E-state index >= 15 is 0 Å². The highest BCUT2D eigenvalue weighted by atomic mass is 35.5. The third-order valence-corrected chi connectivity index (χ3v) is 10.1. The van der Waals surface area contributed by atoms with E-state index in [1.807, 2.05) is 57.2 Å². The number of sulfonamides is 1. The van der Waals surface area contributed by atoms with Crippen molar-refractivity contribution < 1.29 is 18.0 Å². The summed E-state index contributed by atoms with van der Waals surface area (Å²) in [6.07, 6.45) is 0.174. The molecule has 0 radical (unpaired) electrons. The fourth-order valence-corrected chi connectivity index (χ4v) is 6.92. The summed E-state index contributed by atoms with van der Waals surface area (Å²) < 4.78 is 29.3. The van der Waals surface area contributed by atoms with E-state index in [9.17, 15) is 18.0 Å². The summed E-state index contributed by atoms with van der Waals surface area (Å²) in [4.78, 5) is 29.8. The third-order valence-electron chi connectivity index (χ3n) is 7.32. The number of hydrogen-bond acceptors (Lipinski definition) is 4. The number of nitrogens with one attached hydrogen (secondary N) is 1. The van der Waals surface area contributed by atoms with Crippen molar-refractivity contribution in [3.63, 3.8) is 0 Å². The first-order valence-electron chi connectivity index (χ1n) is 14.8. The van der Waals surface area contributed by atoms with Crippen molar-refractivity contribution in [2.24, 2.45) is 5.92 Å². The van der Waals surface area contributed by atoms with E-state index in [2.05, 4.69) is 5.32 Å². The largest absolute Gasteiger partial charge is 0.354 e. The molecule has 0 bridgehead atoms. The third kappa shape index (κ3) is 9.04. The lowest BCUT2D eigenvalue weighted by Crippen LogP contribution is -2.53. The van der Waals surface area contributed by atoms with Gasteiger partial charge in [0.1, 0.15) is 12.6 Å². The molecule has 0 spiro atoms. The van der Waals surface area contributed by atoms with Crippen LogP contribution in [0.3, 0.4) is 0 Å². The zero-order chi connectivity index (χ0) is 33.4. The van der Waals surface area contributed by atoms with Gasteiger partial charge in [-0.25, -0.2) is 8.42 Å². The van der Waals surface area contributed by atoms with Crippen LogP contribution in [0.4, 0.5) is 5.69 Å². The van der Waals surface area contributed by atoms with Crippen LogP contribution in [0.1, 0.15) is 30.5 Å². The van der Waals surface area contributed by atoms with E-state index in [4.69, 9.17) is 34.8 Å². The SMILES string of the molecule is Cc1cccc(N(CC(=O)N(Cc2c(Cl)cccc2Cl)[C@@H](Cc2ccccc2)C(=O)NCC(C)C)S(=O)(=O)c2ccc(Cl)cc2)c1. The lowest BCUT2D eigenvalue weighted by molar-refractivity contribution is -0.140. The number of aryl methyl sites for hydroxylation is 1. The van der Waals surface area contributed by atoms with Gasteiger partial charge in [0.05, 0.1) is 10.6 Å². The Morgan fingerprint density at radius 2 is 1.46 bits per heavy atom. The van der Waals surface area contributed by atoms with E-state index < -0.39 is 28.5 Å². The highest BCUT2D eigenvalue weighted by Gasteiger charge is 2.35. The number of halogens is 3. The van der Waals surface area contributed by atoms with Gasteiger partial charge in [-0.05, 0) is 72.5 Å². The van der Waals surface area contributed by atoms with Gasteiger partial charge in [-0.15, -0.1) is 0 Å². The van der Waals surface area contributed by atoms with Crippen LogP contribution in [0.15, 0.2) is 102 Å². The van der Waals surface area contributed by atoms with Gasteiger partial charge in [-0.1, -0.05) is 97.2 Å². The molecule has 0 unspecified atom stereocenters. The van der Waals surface area contributed by atoms with Gasteiger partial charge in [-0.2, -0.15) is 0 Å². The molecule has 2 amide bonds. The predicted molar refractivity (Wildman–Crippen MR) is 186 cm³/mol. The molecule has 1 atom stereocenters. The van der Waals surface area contributed by atoms with E-state index in [0.717, 1.165) is 15.4 Å². The second-order valence-corrected chi connectivity index (χ2v) is 14.5. The van der Waals surface area contributed by atoms with Crippen molar-refractivity contribution in [3.05, 3.63) is 129 Å². The maximum Gasteiger partial charge on any atom is 0.264 e. The monoisotopic (exact) mass is 699 g/mol. The fourth-order valence-electron chi connectivity index (χ4n) is 4.88. The van der Waals surface area contributed by atoms with Crippen LogP contribution in [0, 0.1) is 12.8 Å². The Bertz CT molecular complexity index is 1750. The Hall–Kier alpha value is -3.56. The van der Waals surface area contributed by atoms with E-state index in [-0.39, 0.29) is 29.7 Å². The van der Waals surface area contributed by atoms with Crippen LogP contribution in [0.2, 0.25) is 15.1 Å². The van der Waals surface area contributed by atoms with Gasteiger partial charge in [0.2, 0.25) is 11.8 Å². The van der Waals surface area contributed by atoms with Crippen LogP contribution in [0.25, 0.3) is 0 Å². The van der Waals surface area contributed by atoms with Gasteiger partial charge in [-0.3, -0.25) is 13.9 Å². The van der Waals surface area contributed by atoms with Gasteiger partial charge in [0.15, 0.2) is 0 Å². The summed E-state index contributed by atoms with van der Waals surface area (Å²) in [5.74, 6) is -0.836. The quantitative estimate of drug-likeness (QED) is 0.156. The first-order chi connectivity index (χ1) is 21.9. The smallest absolute Gasteiger partial charge is 0.264 e. The Morgan fingerprint density at radius 3 is 2.07 bits per heavy atom. The normalized spacial score (nSPS) is 12.1. The molecule has 7 nitrogen and oxygen atoms in total. The van der Waals surface area contributed by atoms with E-state index in [0.29, 0.717) is 32.9 Å². The molecule has 0 saturated carbocycles. The molecule has 46 heavy (non-hydrogen) atoms. The summed E-state index contributed by atoms with van der Waals surface area (Å²) in [6.45, 7) is 5.44. The zero-order valence-corrected chi connectivity index (χ0v) is 28.9. The molecule has 0 aliphatic carbocycles. The average molecular weight is 701 g/mol. The fraction of sp³-hybridized carbons (Fsp3) is 0.257. The summed E-state index contributed by atoms with van der Waals surface area (Å²) in [5.41, 5.74) is 2.36. The standard InChI is InChI=1S/C35H36Cl3N3O4S/c1-24(2)21-39-35(43)33(20-26-10-5-4-6-11-26)40(22-30-31(37)13-8-14-32(30)38)34(42)23-41(28-12-7-9-25(3)19-28)46(44,45)29-17-15-27(36)16-18-29/h4-19,24,33H,20-23H2,1-3H3,(H,39,43)/t33-/m0/s1. The molecule has 4 rings (SSSR count). The lowest BCUT2D eigenvalue weighted by atomic mass is 10.0. The van der Waals surface area contributed by atoms with Crippen LogP contribution in [-0.2, 0) is 32.6 Å². The molecule has 0 aromatic heterocycles.